The molecule has 0 aliphatic carbocycles. The van der Waals surface area contributed by atoms with Gasteiger partial charge < -0.3 is 0 Å². The van der Waals surface area contributed by atoms with Crippen LogP contribution in [0.3, 0.4) is 0 Å². The van der Waals surface area contributed by atoms with E-state index >= 15 is 0 Å². The smallest absolute Gasteiger partial charge is 0.237 e. The van der Waals surface area contributed by atoms with Gasteiger partial charge in [-0.1, -0.05) is 74.4 Å². The minimum absolute atomic E-state index is 0.0413. The largest absolute Gasteiger partial charge is 0.274 e. The molecular formula is C22H33NO2. The van der Waals surface area contributed by atoms with Crippen molar-refractivity contribution >= 4 is 17.5 Å². The van der Waals surface area contributed by atoms with Crippen molar-refractivity contribution in [3.8, 4) is 0 Å². The summed E-state index contributed by atoms with van der Waals surface area (Å²) in [6.45, 7) is 18.9. The summed E-state index contributed by atoms with van der Waals surface area (Å²) in [5.74, 6) is -0.401. The van der Waals surface area contributed by atoms with Crippen LogP contribution in [0.2, 0.25) is 0 Å². The zero-order valence-corrected chi connectivity index (χ0v) is 17.3. The molecule has 2 rings (SSSR count). The van der Waals surface area contributed by atoms with Gasteiger partial charge in [0.1, 0.15) is 0 Å². The van der Waals surface area contributed by atoms with Gasteiger partial charge in [-0.3, -0.25) is 9.59 Å². The second-order valence-electron chi connectivity index (χ2n) is 10.4. The Morgan fingerprint density at radius 3 is 1.84 bits per heavy atom. The molecule has 1 unspecified atom stereocenters. The molecule has 138 valence electrons. The van der Waals surface area contributed by atoms with Crippen LogP contribution in [0.4, 0.5) is 5.69 Å². The van der Waals surface area contributed by atoms with E-state index in [1.807, 2.05) is 26.8 Å². The highest BCUT2D eigenvalue weighted by atomic mass is 16.2. The van der Waals surface area contributed by atoms with E-state index in [9.17, 15) is 9.59 Å². The van der Waals surface area contributed by atoms with Crippen LogP contribution in [0.25, 0.3) is 0 Å². The van der Waals surface area contributed by atoms with E-state index in [0.717, 1.165) is 16.8 Å². The average Bonchev–Trinajstić information content (AvgIpc) is 2.71. The Bertz CT molecular complexity index is 696. The lowest BCUT2D eigenvalue weighted by atomic mass is 9.79. The summed E-state index contributed by atoms with van der Waals surface area (Å²) < 4.78 is 0. The van der Waals surface area contributed by atoms with Gasteiger partial charge in [-0.05, 0) is 33.4 Å². The van der Waals surface area contributed by atoms with Crippen LogP contribution in [-0.2, 0) is 20.4 Å². The highest BCUT2D eigenvalue weighted by molar-refractivity contribution is 6.21. The highest BCUT2D eigenvalue weighted by Gasteiger charge is 2.46. The van der Waals surface area contributed by atoms with Gasteiger partial charge in [-0.25, -0.2) is 4.90 Å². The standard InChI is InChI=1S/C22H33NO2/c1-20(2,3)14-10-11-15(21(4,5)6)17(12-14)23-18(24)13-16(19(23)25)22(7,8)9/h10-12,16H,13H2,1-9H3. The van der Waals surface area contributed by atoms with Gasteiger partial charge >= 0.3 is 0 Å². The first kappa shape index (κ1) is 19.7. The number of nitrogens with zero attached hydrogens (tertiary/aromatic N) is 1. The molecule has 1 saturated heterocycles. The monoisotopic (exact) mass is 343 g/mol. The van der Waals surface area contributed by atoms with Gasteiger partial charge in [0.25, 0.3) is 0 Å². The first-order chi connectivity index (χ1) is 11.1. The number of benzene rings is 1. The van der Waals surface area contributed by atoms with Crippen LogP contribution >= 0.6 is 0 Å². The highest BCUT2D eigenvalue weighted by Crippen LogP contribution is 2.42. The molecule has 1 aromatic carbocycles. The van der Waals surface area contributed by atoms with E-state index in [1.165, 1.54) is 4.90 Å². The fraction of sp³-hybridized carbons (Fsp3) is 0.636. The molecule has 25 heavy (non-hydrogen) atoms. The molecule has 0 spiro atoms. The molecule has 1 aliphatic rings. The third-order valence-electron chi connectivity index (χ3n) is 5.10. The zero-order chi connectivity index (χ0) is 19.4. The SMILES string of the molecule is CC(C)(C)c1ccc(C(C)(C)C)c(N2C(=O)CC(C(C)(C)C)C2=O)c1. The molecule has 0 saturated carbocycles. The van der Waals surface area contributed by atoms with Gasteiger partial charge in [0, 0.05) is 6.42 Å². The second-order valence-corrected chi connectivity index (χ2v) is 10.4. The minimum atomic E-state index is -0.258. The molecule has 2 amide bonds. The molecular weight excluding hydrogens is 310 g/mol. The van der Waals surface area contributed by atoms with E-state index in [4.69, 9.17) is 0 Å². The quantitative estimate of drug-likeness (QED) is 0.657. The Labute approximate surface area is 152 Å². The predicted molar refractivity (Wildman–Crippen MR) is 104 cm³/mol. The molecule has 1 aliphatic heterocycles. The van der Waals surface area contributed by atoms with Crippen molar-refractivity contribution in [2.45, 2.75) is 79.6 Å². The van der Waals surface area contributed by atoms with Crippen molar-refractivity contribution in [1.29, 1.82) is 0 Å². The Morgan fingerprint density at radius 2 is 1.44 bits per heavy atom. The predicted octanol–water partition coefficient (Wildman–Crippen LogP) is 5.21. The van der Waals surface area contributed by atoms with Gasteiger partial charge in [0.2, 0.25) is 11.8 Å². The van der Waals surface area contributed by atoms with E-state index in [-0.39, 0.29) is 34.0 Å². The Balaban J connectivity index is 2.64. The lowest BCUT2D eigenvalue weighted by Crippen LogP contribution is -2.36. The van der Waals surface area contributed by atoms with Crippen LogP contribution in [-0.4, -0.2) is 11.8 Å². The summed E-state index contributed by atoms with van der Waals surface area (Å²) in [4.78, 5) is 27.3. The normalized spacial score (nSPS) is 19.7. The molecule has 0 N–H and O–H groups in total. The third-order valence-corrected chi connectivity index (χ3v) is 5.10. The Hall–Kier alpha value is -1.64. The lowest BCUT2D eigenvalue weighted by Gasteiger charge is -2.30. The average molecular weight is 344 g/mol. The molecule has 1 fully saturated rings. The van der Waals surface area contributed by atoms with Gasteiger partial charge in [0.15, 0.2) is 0 Å². The maximum Gasteiger partial charge on any atom is 0.237 e. The fourth-order valence-electron chi connectivity index (χ4n) is 3.38. The van der Waals surface area contributed by atoms with Crippen molar-refractivity contribution in [2.75, 3.05) is 4.90 Å². The number of imide groups is 1. The summed E-state index contributed by atoms with van der Waals surface area (Å²) in [5, 5.41) is 0. The van der Waals surface area contributed by atoms with Crippen molar-refractivity contribution in [1.82, 2.24) is 0 Å². The Kier molecular flexibility index (Phi) is 4.69. The summed E-state index contributed by atoms with van der Waals surface area (Å²) in [5.41, 5.74) is 2.53. The summed E-state index contributed by atoms with van der Waals surface area (Å²) in [6.07, 6.45) is 0.297. The lowest BCUT2D eigenvalue weighted by molar-refractivity contribution is -0.123. The van der Waals surface area contributed by atoms with Crippen LogP contribution in [0.1, 0.15) is 79.9 Å². The molecule has 3 nitrogen and oxygen atoms in total. The van der Waals surface area contributed by atoms with Gasteiger partial charge in [-0.15, -0.1) is 0 Å². The van der Waals surface area contributed by atoms with Crippen LogP contribution in [0.5, 0.6) is 0 Å². The van der Waals surface area contributed by atoms with Crippen LogP contribution < -0.4 is 4.90 Å². The third kappa shape index (κ3) is 3.80. The maximum atomic E-state index is 13.1. The van der Waals surface area contributed by atoms with Crippen LogP contribution in [0.15, 0.2) is 18.2 Å². The summed E-state index contributed by atoms with van der Waals surface area (Å²) in [6, 6.07) is 6.25. The molecule has 0 aromatic heterocycles. The van der Waals surface area contributed by atoms with Crippen molar-refractivity contribution in [2.24, 2.45) is 11.3 Å². The first-order valence-corrected chi connectivity index (χ1v) is 9.16. The molecule has 1 heterocycles. The van der Waals surface area contributed by atoms with E-state index in [2.05, 4.69) is 53.7 Å². The summed E-state index contributed by atoms with van der Waals surface area (Å²) >= 11 is 0. The van der Waals surface area contributed by atoms with Crippen molar-refractivity contribution in [3.63, 3.8) is 0 Å². The number of rotatable bonds is 1. The maximum absolute atomic E-state index is 13.1. The molecule has 0 bridgehead atoms. The van der Waals surface area contributed by atoms with E-state index in [1.54, 1.807) is 0 Å². The number of carbonyl (C=O) groups excluding carboxylic acids is 2. The molecule has 1 atom stereocenters. The number of carbonyl (C=O) groups is 2. The summed E-state index contributed by atoms with van der Waals surface area (Å²) in [7, 11) is 0. The number of hydrogen-bond donors (Lipinski definition) is 0. The van der Waals surface area contributed by atoms with Crippen molar-refractivity contribution < 1.29 is 9.59 Å². The number of amides is 2. The minimum Gasteiger partial charge on any atom is -0.274 e. The molecule has 1 aromatic rings. The van der Waals surface area contributed by atoms with Gasteiger partial charge in [-0.2, -0.15) is 0 Å². The van der Waals surface area contributed by atoms with E-state index in [0.29, 0.717) is 6.42 Å². The fourth-order valence-corrected chi connectivity index (χ4v) is 3.38. The van der Waals surface area contributed by atoms with E-state index < -0.39 is 0 Å². The number of hydrogen-bond acceptors (Lipinski definition) is 2. The molecule has 3 heteroatoms. The molecule has 0 radical (unpaired) electrons. The van der Waals surface area contributed by atoms with Crippen LogP contribution in [0, 0.1) is 11.3 Å². The number of anilines is 1. The zero-order valence-electron chi connectivity index (χ0n) is 17.3. The second kappa shape index (κ2) is 5.96. The Morgan fingerprint density at radius 1 is 0.880 bits per heavy atom. The first-order valence-electron chi connectivity index (χ1n) is 9.16. The van der Waals surface area contributed by atoms with Crippen molar-refractivity contribution in [3.05, 3.63) is 29.3 Å². The van der Waals surface area contributed by atoms with Gasteiger partial charge in [0.05, 0.1) is 11.6 Å². The topological polar surface area (TPSA) is 37.4 Å².